The standard InChI is InChI=1S/C17H18O3/c1-3-13(2)19-15-10-7-11-16(12-15)20-17(18)14-8-5-4-6-9-14/h4-13H,3H2,1-2H3/t13-/m0/s1. The van der Waals surface area contributed by atoms with Gasteiger partial charge in [0.25, 0.3) is 0 Å². The predicted molar refractivity (Wildman–Crippen MR) is 78.2 cm³/mol. The highest BCUT2D eigenvalue weighted by atomic mass is 16.5. The summed E-state index contributed by atoms with van der Waals surface area (Å²) in [4.78, 5) is 11.9. The summed E-state index contributed by atoms with van der Waals surface area (Å²) in [5, 5.41) is 0. The minimum atomic E-state index is -0.369. The molecule has 0 N–H and O–H groups in total. The van der Waals surface area contributed by atoms with Gasteiger partial charge in [0.15, 0.2) is 0 Å². The van der Waals surface area contributed by atoms with Crippen molar-refractivity contribution in [2.45, 2.75) is 26.4 Å². The zero-order valence-corrected chi connectivity index (χ0v) is 11.7. The Morgan fingerprint density at radius 1 is 1.05 bits per heavy atom. The van der Waals surface area contributed by atoms with Gasteiger partial charge in [0.05, 0.1) is 11.7 Å². The molecule has 0 aliphatic carbocycles. The molecule has 3 nitrogen and oxygen atoms in total. The van der Waals surface area contributed by atoms with Crippen molar-refractivity contribution >= 4 is 5.97 Å². The molecule has 2 aromatic rings. The Kier molecular flexibility index (Phi) is 4.77. The molecule has 0 aromatic heterocycles. The minimum absolute atomic E-state index is 0.134. The van der Waals surface area contributed by atoms with Crippen LogP contribution >= 0.6 is 0 Å². The van der Waals surface area contributed by atoms with E-state index >= 15 is 0 Å². The van der Waals surface area contributed by atoms with Gasteiger partial charge < -0.3 is 9.47 Å². The van der Waals surface area contributed by atoms with Crippen LogP contribution in [0.4, 0.5) is 0 Å². The number of ether oxygens (including phenoxy) is 2. The first-order valence-electron chi connectivity index (χ1n) is 6.73. The highest BCUT2D eigenvalue weighted by Crippen LogP contribution is 2.21. The molecule has 0 amide bonds. The van der Waals surface area contributed by atoms with E-state index in [4.69, 9.17) is 9.47 Å². The van der Waals surface area contributed by atoms with Crippen molar-refractivity contribution in [2.75, 3.05) is 0 Å². The summed E-state index contributed by atoms with van der Waals surface area (Å²) in [6.45, 7) is 4.06. The Morgan fingerprint density at radius 2 is 1.75 bits per heavy atom. The zero-order chi connectivity index (χ0) is 14.4. The Morgan fingerprint density at radius 3 is 2.45 bits per heavy atom. The summed E-state index contributed by atoms with van der Waals surface area (Å²) in [7, 11) is 0. The van der Waals surface area contributed by atoms with Crippen LogP contribution in [-0.4, -0.2) is 12.1 Å². The van der Waals surface area contributed by atoms with Crippen molar-refractivity contribution in [1.29, 1.82) is 0 Å². The van der Waals surface area contributed by atoms with Crippen LogP contribution in [0.25, 0.3) is 0 Å². The number of benzene rings is 2. The molecule has 0 bridgehead atoms. The average Bonchev–Trinajstić information content (AvgIpc) is 2.48. The van der Waals surface area contributed by atoms with Gasteiger partial charge in [0, 0.05) is 6.07 Å². The lowest BCUT2D eigenvalue weighted by atomic mass is 10.2. The van der Waals surface area contributed by atoms with Crippen molar-refractivity contribution in [3.8, 4) is 11.5 Å². The second-order valence-corrected chi connectivity index (χ2v) is 4.57. The van der Waals surface area contributed by atoms with E-state index in [2.05, 4.69) is 6.92 Å². The normalized spacial score (nSPS) is 11.7. The summed E-state index contributed by atoms with van der Waals surface area (Å²) in [6, 6.07) is 16.0. The molecule has 3 heteroatoms. The number of rotatable bonds is 5. The molecule has 104 valence electrons. The zero-order valence-electron chi connectivity index (χ0n) is 11.7. The molecule has 20 heavy (non-hydrogen) atoms. The third-order valence-electron chi connectivity index (χ3n) is 2.94. The molecule has 2 aromatic carbocycles. The molecule has 2 rings (SSSR count). The lowest BCUT2D eigenvalue weighted by Crippen LogP contribution is -2.10. The van der Waals surface area contributed by atoms with Gasteiger partial charge in [0.1, 0.15) is 11.5 Å². The summed E-state index contributed by atoms with van der Waals surface area (Å²) >= 11 is 0. The van der Waals surface area contributed by atoms with Crippen molar-refractivity contribution in [2.24, 2.45) is 0 Å². The Bertz CT molecular complexity index is 563. The summed E-state index contributed by atoms with van der Waals surface area (Å²) < 4.78 is 11.0. The van der Waals surface area contributed by atoms with Gasteiger partial charge in [-0.25, -0.2) is 4.79 Å². The van der Waals surface area contributed by atoms with Crippen LogP contribution in [0.1, 0.15) is 30.6 Å². The molecule has 0 saturated carbocycles. The van der Waals surface area contributed by atoms with Crippen LogP contribution in [-0.2, 0) is 0 Å². The Hall–Kier alpha value is -2.29. The van der Waals surface area contributed by atoms with Gasteiger partial charge in [0.2, 0.25) is 0 Å². The minimum Gasteiger partial charge on any atom is -0.491 e. The van der Waals surface area contributed by atoms with Gasteiger partial charge in [-0.15, -0.1) is 0 Å². The van der Waals surface area contributed by atoms with E-state index in [9.17, 15) is 4.79 Å². The van der Waals surface area contributed by atoms with E-state index in [1.807, 2.05) is 25.1 Å². The number of esters is 1. The quantitative estimate of drug-likeness (QED) is 0.606. The van der Waals surface area contributed by atoms with Gasteiger partial charge in [-0.1, -0.05) is 31.2 Å². The SMILES string of the molecule is CC[C@H](C)Oc1cccc(OC(=O)c2ccccc2)c1. The van der Waals surface area contributed by atoms with Crippen LogP contribution in [0.2, 0.25) is 0 Å². The average molecular weight is 270 g/mol. The molecule has 0 spiro atoms. The fourth-order valence-corrected chi connectivity index (χ4v) is 1.67. The van der Waals surface area contributed by atoms with Gasteiger partial charge in [-0.3, -0.25) is 0 Å². The van der Waals surface area contributed by atoms with Crippen LogP contribution < -0.4 is 9.47 Å². The molecule has 0 aliphatic heterocycles. The molecule has 0 fully saturated rings. The van der Waals surface area contributed by atoms with Crippen LogP contribution in [0.5, 0.6) is 11.5 Å². The maximum atomic E-state index is 11.9. The fourth-order valence-electron chi connectivity index (χ4n) is 1.67. The highest BCUT2D eigenvalue weighted by Gasteiger charge is 2.09. The second-order valence-electron chi connectivity index (χ2n) is 4.57. The van der Waals surface area contributed by atoms with E-state index < -0.39 is 0 Å². The van der Waals surface area contributed by atoms with Crippen LogP contribution in [0, 0.1) is 0 Å². The number of hydrogen-bond acceptors (Lipinski definition) is 3. The molecule has 1 atom stereocenters. The summed E-state index contributed by atoms with van der Waals surface area (Å²) in [5.41, 5.74) is 0.528. The smallest absolute Gasteiger partial charge is 0.343 e. The van der Waals surface area contributed by atoms with E-state index in [1.165, 1.54) is 0 Å². The van der Waals surface area contributed by atoms with Crippen molar-refractivity contribution in [3.05, 3.63) is 60.2 Å². The fraction of sp³-hybridized carbons (Fsp3) is 0.235. The number of carbonyl (C=O) groups is 1. The predicted octanol–water partition coefficient (Wildman–Crippen LogP) is 4.08. The van der Waals surface area contributed by atoms with Gasteiger partial charge in [-0.2, -0.15) is 0 Å². The maximum Gasteiger partial charge on any atom is 0.343 e. The molecular formula is C17H18O3. The van der Waals surface area contributed by atoms with Crippen molar-refractivity contribution in [1.82, 2.24) is 0 Å². The first kappa shape index (κ1) is 14.1. The van der Waals surface area contributed by atoms with E-state index in [0.717, 1.165) is 6.42 Å². The number of hydrogen-bond donors (Lipinski definition) is 0. The third kappa shape index (κ3) is 3.85. The van der Waals surface area contributed by atoms with Crippen molar-refractivity contribution in [3.63, 3.8) is 0 Å². The monoisotopic (exact) mass is 270 g/mol. The molecule has 0 heterocycles. The van der Waals surface area contributed by atoms with E-state index in [0.29, 0.717) is 17.1 Å². The highest BCUT2D eigenvalue weighted by molar-refractivity contribution is 5.90. The first-order valence-corrected chi connectivity index (χ1v) is 6.73. The summed E-state index contributed by atoms with van der Waals surface area (Å²) in [5.74, 6) is 0.823. The molecule has 0 aliphatic rings. The van der Waals surface area contributed by atoms with Gasteiger partial charge >= 0.3 is 5.97 Å². The van der Waals surface area contributed by atoms with E-state index in [-0.39, 0.29) is 12.1 Å². The molecule has 0 radical (unpaired) electrons. The van der Waals surface area contributed by atoms with Crippen LogP contribution in [0.15, 0.2) is 54.6 Å². The molecular weight excluding hydrogens is 252 g/mol. The summed E-state index contributed by atoms with van der Waals surface area (Å²) in [6.07, 6.45) is 1.06. The first-order chi connectivity index (χ1) is 9.69. The second kappa shape index (κ2) is 6.75. The lowest BCUT2D eigenvalue weighted by Gasteiger charge is -2.13. The maximum absolute atomic E-state index is 11.9. The van der Waals surface area contributed by atoms with Crippen molar-refractivity contribution < 1.29 is 14.3 Å². The third-order valence-corrected chi connectivity index (χ3v) is 2.94. The molecule has 0 saturated heterocycles. The van der Waals surface area contributed by atoms with E-state index in [1.54, 1.807) is 36.4 Å². The molecule has 0 unspecified atom stereocenters. The van der Waals surface area contributed by atoms with Crippen LogP contribution in [0.3, 0.4) is 0 Å². The largest absolute Gasteiger partial charge is 0.491 e. The Labute approximate surface area is 119 Å². The van der Waals surface area contributed by atoms with Gasteiger partial charge in [-0.05, 0) is 37.6 Å². The lowest BCUT2D eigenvalue weighted by molar-refractivity contribution is 0.0734. The number of carbonyl (C=O) groups excluding carboxylic acids is 1. The topological polar surface area (TPSA) is 35.5 Å². The Balaban J connectivity index is 2.06.